The van der Waals surface area contributed by atoms with Crippen LogP contribution in [0.15, 0.2) is 35.8 Å². The van der Waals surface area contributed by atoms with Crippen molar-refractivity contribution in [1.82, 2.24) is 10.5 Å². The van der Waals surface area contributed by atoms with Crippen molar-refractivity contribution in [3.05, 3.63) is 35.8 Å². The van der Waals surface area contributed by atoms with Crippen molar-refractivity contribution < 1.29 is 4.94 Å². The zero-order valence-electron chi connectivity index (χ0n) is 5.75. The molecule has 0 saturated carbocycles. The molecule has 2 rings (SSSR count). The third-order valence-corrected chi connectivity index (χ3v) is 2.17. The Bertz CT molecular complexity index is 257. The summed E-state index contributed by atoms with van der Waals surface area (Å²) in [5.74, 6) is 0. The van der Waals surface area contributed by atoms with Gasteiger partial charge in [0.1, 0.15) is 0 Å². The van der Waals surface area contributed by atoms with Gasteiger partial charge in [-0.3, -0.25) is 0 Å². The third kappa shape index (κ3) is 1.19. The first-order chi connectivity index (χ1) is 5.40. The van der Waals surface area contributed by atoms with Crippen LogP contribution in [-0.2, 0) is 4.94 Å². The maximum atomic E-state index is 4.99. The van der Waals surface area contributed by atoms with Gasteiger partial charge in [0.25, 0.3) is 0 Å². The quantitative estimate of drug-likeness (QED) is 0.669. The molecule has 0 aromatic rings. The number of nitrogens with zero attached hydrogens (tertiary/aromatic N) is 1. The van der Waals surface area contributed by atoms with Crippen molar-refractivity contribution in [3.8, 4) is 0 Å². The molecule has 1 N–H and O–H groups in total. The van der Waals surface area contributed by atoms with Crippen molar-refractivity contribution >= 4 is 15.9 Å². The molecule has 0 aliphatic carbocycles. The molecule has 0 aromatic heterocycles. The number of alkyl halides is 1. The van der Waals surface area contributed by atoms with Gasteiger partial charge in [0.05, 0.1) is 11.9 Å². The highest BCUT2D eigenvalue weighted by atomic mass is 79.9. The first-order valence-electron chi connectivity index (χ1n) is 3.27. The van der Waals surface area contributed by atoms with Crippen LogP contribution in [0.3, 0.4) is 0 Å². The Morgan fingerprint density at radius 1 is 1.64 bits per heavy atom. The molecule has 0 bridgehead atoms. The lowest BCUT2D eigenvalue weighted by atomic mass is 10.2. The number of nitrogens with one attached hydrogen (secondary N) is 1. The molecule has 2 aliphatic rings. The van der Waals surface area contributed by atoms with Gasteiger partial charge in [-0.15, -0.1) is 0 Å². The molecular formula is C7H7BrN2O. The number of hydrogen-bond donors (Lipinski definition) is 1. The molecule has 0 radical (unpaired) electrons. The van der Waals surface area contributed by atoms with Gasteiger partial charge in [-0.2, -0.15) is 4.94 Å². The average Bonchev–Trinajstić information content (AvgIpc) is 2.50. The highest BCUT2D eigenvalue weighted by Gasteiger charge is 2.14. The van der Waals surface area contributed by atoms with E-state index in [1.165, 1.54) is 5.57 Å². The number of fused-ring (bicyclic) bond motifs is 1. The van der Waals surface area contributed by atoms with Gasteiger partial charge in [-0.05, 0) is 17.7 Å². The van der Waals surface area contributed by atoms with Crippen LogP contribution in [0.25, 0.3) is 0 Å². The molecule has 0 saturated heterocycles. The molecule has 4 heteroatoms. The fourth-order valence-electron chi connectivity index (χ4n) is 0.966. The molecule has 2 aliphatic heterocycles. The van der Waals surface area contributed by atoms with E-state index in [0.717, 1.165) is 11.0 Å². The van der Waals surface area contributed by atoms with Gasteiger partial charge in [-0.25, -0.2) is 10.5 Å². The minimum absolute atomic E-state index is 0.870. The first-order valence-corrected chi connectivity index (χ1v) is 4.39. The molecule has 3 nitrogen and oxygen atoms in total. The van der Waals surface area contributed by atoms with Crippen LogP contribution in [0.2, 0.25) is 0 Å². The predicted octanol–water partition coefficient (Wildman–Crippen LogP) is 1.43. The SMILES string of the molecule is BrCC1=CC2=CNON2C=C1. The minimum atomic E-state index is 0.870. The molecule has 0 atom stereocenters. The number of halogens is 1. The average molecular weight is 215 g/mol. The second-order valence-electron chi connectivity index (χ2n) is 2.27. The van der Waals surface area contributed by atoms with Crippen LogP contribution in [0.4, 0.5) is 0 Å². The van der Waals surface area contributed by atoms with Crippen molar-refractivity contribution in [2.24, 2.45) is 0 Å². The molecule has 0 fully saturated rings. The Morgan fingerprint density at radius 3 is 3.36 bits per heavy atom. The highest BCUT2D eigenvalue weighted by molar-refractivity contribution is 9.09. The Kier molecular flexibility index (Phi) is 1.71. The number of rotatable bonds is 1. The summed E-state index contributed by atoms with van der Waals surface area (Å²) in [4.78, 5) is 4.99. The second kappa shape index (κ2) is 2.71. The molecule has 11 heavy (non-hydrogen) atoms. The molecule has 0 amide bonds. The topological polar surface area (TPSA) is 24.5 Å². The van der Waals surface area contributed by atoms with Gasteiger partial charge >= 0.3 is 0 Å². The fourth-order valence-corrected chi connectivity index (χ4v) is 1.32. The van der Waals surface area contributed by atoms with Crippen LogP contribution in [-0.4, -0.2) is 10.4 Å². The first kappa shape index (κ1) is 6.94. The van der Waals surface area contributed by atoms with Gasteiger partial charge in [0.2, 0.25) is 0 Å². The molecule has 0 spiro atoms. The number of hydrogen-bond acceptors (Lipinski definition) is 3. The van der Waals surface area contributed by atoms with E-state index in [2.05, 4.69) is 27.5 Å². The predicted molar refractivity (Wildman–Crippen MR) is 45.2 cm³/mol. The van der Waals surface area contributed by atoms with Crippen LogP contribution in [0, 0.1) is 0 Å². The monoisotopic (exact) mass is 214 g/mol. The lowest BCUT2D eigenvalue weighted by Crippen LogP contribution is -2.15. The van der Waals surface area contributed by atoms with Crippen molar-refractivity contribution in [2.75, 3.05) is 5.33 Å². The molecule has 0 unspecified atom stereocenters. The lowest BCUT2D eigenvalue weighted by molar-refractivity contribution is -0.112. The zero-order valence-corrected chi connectivity index (χ0v) is 7.34. The number of allylic oxidation sites excluding steroid dienone is 3. The van der Waals surface area contributed by atoms with E-state index in [9.17, 15) is 0 Å². The fraction of sp³-hybridized carbons (Fsp3) is 0.143. The Labute approximate surface area is 73.0 Å². The maximum Gasteiger partial charge on any atom is 0.0897 e. The van der Waals surface area contributed by atoms with Gasteiger partial charge in [-0.1, -0.05) is 15.9 Å². The van der Waals surface area contributed by atoms with Gasteiger partial charge in [0.15, 0.2) is 0 Å². The summed E-state index contributed by atoms with van der Waals surface area (Å²) in [5, 5.41) is 2.54. The summed E-state index contributed by atoms with van der Waals surface area (Å²) in [6, 6.07) is 0. The molecule has 0 aromatic carbocycles. The Morgan fingerprint density at radius 2 is 2.55 bits per heavy atom. The smallest absolute Gasteiger partial charge is 0.0897 e. The number of hydroxylamine groups is 3. The van der Waals surface area contributed by atoms with Crippen LogP contribution in [0.1, 0.15) is 0 Å². The third-order valence-electron chi connectivity index (χ3n) is 1.52. The normalized spacial score (nSPS) is 20.6. The standard InChI is InChI=1S/C7H7BrN2O/c8-4-6-1-2-10-7(3-6)5-9-11-10/h1-3,5,9H,4H2. The Hall–Kier alpha value is -0.740. The summed E-state index contributed by atoms with van der Waals surface area (Å²) in [6.45, 7) is 0. The van der Waals surface area contributed by atoms with E-state index in [0.29, 0.717) is 0 Å². The van der Waals surface area contributed by atoms with Crippen LogP contribution in [0.5, 0.6) is 0 Å². The summed E-state index contributed by atoms with van der Waals surface area (Å²) in [6.07, 6.45) is 7.74. The van der Waals surface area contributed by atoms with E-state index < -0.39 is 0 Å². The van der Waals surface area contributed by atoms with E-state index in [-0.39, 0.29) is 0 Å². The zero-order chi connectivity index (χ0) is 7.68. The van der Waals surface area contributed by atoms with Crippen LogP contribution >= 0.6 is 15.9 Å². The summed E-state index contributed by atoms with van der Waals surface area (Å²) < 4.78 is 0. The second-order valence-corrected chi connectivity index (χ2v) is 2.83. The van der Waals surface area contributed by atoms with Crippen molar-refractivity contribution in [3.63, 3.8) is 0 Å². The minimum Gasteiger partial charge on any atom is -0.247 e. The molecule has 58 valence electrons. The molecular weight excluding hydrogens is 208 g/mol. The van der Waals surface area contributed by atoms with E-state index in [4.69, 9.17) is 4.94 Å². The van der Waals surface area contributed by atoms with Crippen molar-refractivity contribution in [1.29, 1.82) is 0 Å². The summed E-state index contributed by atoms with van der Waals surface area (Å²) in [7, 11) is 0. The van der Waals surface area contributed by atoms with Crippen molar-refractivity contribution in [2.45, 2.75) is 0 Å². The summed E-state index contributed by atoms with van der Waals surface area (Å²) >= 11 is 3.38. The highest BCUT2D eigenvalue weighted by Crippen LogP contribution is 2.20. The summed E-state index contributed by atoms with van der Waals surface area (Å²) in [5.41, 5.74) is 4.93. The lowest BCUT2D eigenvalue weighted by Gasteiger charge is -2.15. The molecule has 2 heterocycles. The Balaban J connectivity index is 2.25. The van der Waals surface area contributed by atoms with E-state index in [1.807, 2.05) is 18.5 Å². The largest absolute Gasteiger partial charge is 0.247 e. The van der Waals surface area contributed by atoms with Crippen LogP contribution < -0.4 is 5.48 Å². The van der Waals surface area contributed by atoms with E-state index >= 15 is 0 Å². The van der Waals surface area contributed by atoms with E-state index in [1.54, 1.807) is 5.06 Å². The van der Waals surface area contributed by atoms with Gasteiger partial charge in [0, 0.05) is 11.5 Å². The maximum absolute atomic E-state index is 4.99. The van der Waals surface area contributed by atoms with Gasteiger partial charge < -0.3 is 0 Å².